The third kappa shape index (κ3) is 4.13. The van der Waals surface area contributed by atoms with E-state index in [9.17, 15) is 4.79 Å². The SMILES string of the molecule is Cc1cccc(OC(=O)[C@@H](N)CCCCN)c1C. The Hall–Kier alpha value is -1.39. The molecule has 1 atom stereocenters. The van der Waals surface area contributed by atoms with E-state index in [-0.39, 0.29) is 5.97 Å². The van der Waals surface area contributed by atoms with Gasteiger partial charge in [-0.1, -0.05) is 18.6 Å². The van der Waals surface area contributed by atoms with Gasteiger partial charge in [0.2, 0.25) is 0 Å². The van der Waals surface area contributed by atoms with E-state index in [1.54, 1.807) is 6.07 Å². The molecule has 0 aliphatic rings. The van der Waals surface area contributed by atoms with Gasteiger partial charge in [0.1, 0.15) is 11.8 Å². The molecule has 4 nitrogen and oxygen atoms in total. The highest BCUT2D eigenvalue weighted by molar-refractivity contribution is 5.78. The zero-order valence-corrected chi connectivity index (χ0v) is 11.1. The zero-order valence-electron chi connectivity index (χ0n) is 11.1. The van der Waals surface area contributed by atoms with Crippen molar-refractivity contribution in [1.82, 2.24) is 0 Å². The van der Waals surface area contributed by atoms with Crippen molar-refractivity contribution in [3.05, 3.63) is 29.3 Å². The number of rotatable bonds is 6. The van der Waals surface area contributed by atoms with Crippen molar-refractivity contribution in [2.75, 3.05) is 6.54 Å². The third-order valence-corrected chi connectivity index (χ3v) is 3.04. The molecule has 0 amide bonds. The van der Waals surface area contributed by atoms with Crippen LogP contribution in [0.15, 0.2) is 18.2 Å². The quantitative estimate of drug-likeness (QED) is 0.457. The molecular formula is C14H22N2O2. The summed E-state index contributed by atoms with van der Waals surface area (Å²) in [6.07, 6.45) is 2.34. The van der Waals surface area contributed by atoms with Gasteiger partial charge in [0, 0.05) is 0 Å². The Kier molecular flexibility index (Phi) is 5.82. The second-order valence-corrected chi connectivity index (χ2v) is 4.51. The predicted molar refractivity (Wildman–Crippen MR) is 72.4 cm³/mol. The van der Waals surface area contributed by atoms with Crippen LogP contribution >= 0.6 is 0 Å². The number of carbonyl (C=O) groups is 1. The van der Waals surface area contributed by atoms with Gasteiger partial charge in [-0.05, 0) is 50.4 Å². The van der Waals surface area contributed by atoms with Crippen LogP contribution in [0.5, 0.6) is 5.75 Å². The fraction of sp³-hybridized carbons (Fsp3) is 0.500. The second-order valence-electron chi connectivity index (χ2n) is 4.51. The van der Waals surface area contributed by atoms with Crippen LogP contribution in [0, 0.1) is 13.8 Å². The molecule has 0 bridgehead atoms. The summed E-state index contributed by atoms with van der Waals surface area (Å²) in [7, 11) is 0. The first-order valence-electron chi connectivity index (χ1n) is 6.29. The number of hydrogen-bond acceptors (Lipinski definition) is 4. The second kappa shape index (κ2) is 7.13. The molecule has 1 aromatic carbocycles. The van der Waals surface area contributed by atoms with Crippen molar-refractivity contribution >= 4 is 5.97 Å². The van der Waals surface area contributed by atoms with Gasteiger partial charge in [-0.25, -0.2) is 4.79 Å². The molecule has 4 N–H and O–H groups in total. The molecule has 0 aromatic heterocycles. The molecule has 4 heteroatoms. The van der Waals surface area contributed by atoms with Gasteiger partial charge in [0.15, 0.2) is 0 Å². The Morgan fingerprint density at radius 3 is 2.72 bits per heavy atom. The third-order valence-electron chi connectivity index (χ3n) is 3.04. The molecule has 1 rings (SSSR count). The number of ether oxygens (including phenoxy) is 1. The average molecular weight is 250 g/mol. The number of unbranched alkanes of at least 4 members (excludes halogenated alkanes) is 1. The van der Waals surface area contributed by atoms with Crippen LogP contribution in [0.25, 0.3) is 0 Å². The number of benzene rings is 1. The molecule has 0 fully saturated rings. The summed E-state index contributed by atoms with van der Waals surface area (Å²) < 4.78 is 5.32. The molecule has 0 spiro atoms. The highest BCUT2D eigenvalue weighted by atomic mass is 16.5. The summed E-state index contributed by atoms with van der Waals surface area (Å²) in [5, 5.41) is 0. The van der Waals surface area contributed by atoms with Gasteiger partial charge in [0.25, 0.3) is 0 Å². The first kappa shape index (κ1) is 14.7. The molecule has 100 valence electrons. The van der Waals surface area contributed by atoms with Crippen LogP contribution in [0.4, 0.5) is 0 Å². The van der Waals surface area contributed by atoms with Crippen LogP contribution in [-0.2, 0) is 4.79 Å². The van der Waals surface area contributed by atoms with E-state index in [1.165, 1.54) is 0 Å². The van der Waals surface area contributed by atoms with Gasteiger partial charge < -0.3 is 16.2 Å². The first-order chi connectivity index (χ1) is 8.56. The highest BCUT2D eigenvalue weighted by Crippen LogP contribution is 2.21. The van der Waals surface area contributed by atoms with Crippen LogP contribution in [-0.4, -0.2) is 18.6 Å². The van der Waals surface area contributed by atoms with Gasteiger partial charge >= 0.3 is 5.97 Å². The lowest BCUT2D eigenvalue weighted by Crippen LogP contribution is -2.34. The van der Waals surface area contributed by atoms with E-state index in [4.69, 9.17) is 16.2 Å². The molecule has 0 saturated heterocycles. The normalized spacial score (nSPS) is 12.2. The van der Waals surface area contributed by atoms with E-state index in [1.807, 2.05) is 26.0 Å². The Labute approximate surface area is 108 Å². The van der Waals surface area contributed by atoms with E-state index >= 15 is 0 Å². The van der Waals surface area contributed by atoms with Crippen molar-refractivity contribution < 1.29 is 9.53 Å². The monoisotopic (exact) mass is 250 g/mol. The largest absolute Gasteiger partial charge is 0.425 e. The topological polar surface area (TPSA) is 78.3 Å². The molecule has 0 radical (unpaired) electrons. The fourth-order valence-electron chi connectivity index (χ4n) is 1.65. The summed E-state index contributed by atoms with van der Waals surface area (Å²) in [5.41, 5.74) is 13.2. The van der Waals surface area contributed by atoms with Crippen LogP contribution in [0.1, 0.15) is 30.4 Å². The molecule has 0 unspecified atom stereocenters. The Balaban J connectivity index is 2.56. The van der Waals surface area contributed by atoms with Gasteiger partial charge in [0.05, 0.1) is 0 Å². The van der Waals surface area contributed by atoms with Crippen molar-refractivity contribution in [2.24, 2.45) is 11.5 Å². The Morgan fingerprint density at radius 2 is 2.06 bits per heavy atom. The predicted octanol–water partition coefficient (Wildman–Crippen LogP) is 1.67. The van der Waals surface area contributed by atoms with Crippen molar-refractivity contribution in [3.8, 4) is 5.75 Å². The Morgan fingerprint density at radius 1 is 1.33 bits per heavy atom. The minimum absolute atomic E-state index is 0.374. The maximum atomic E-state index is 11.8. The lowest BCUT2D eigenvalue weighted by Gasteiger charge is -2.13. The summed E-state index contributed by atoms with van der Waals surface area (Å²) >= 11 is 0. The number of carbonyl (C=O) groups excluding carboxylic acids is 1. The number of esters is 1. The minimum Gasteiger partial charge on any atom is -0.425 e. The first-order valence-corrected chi connectivity index (χ1v) is 6.29. The molecular weight excluding hydrogens is 228 g/mol. The van der Waals surface area contributed by atoms with Crippen LogP contribution in [0.3, 0.4) is 0 Å². The maximum Gasteiger partial charge on any atom is 0.328 e. The van der Waals surface area contributed by atoms with Crippen LogP contribution < -0.4 is 16.2 Å². The van der Waals surface area contributed by atoms with Crippen molar-refractivity contribution in [1.29, 1.82) is 0 Å². The summed E-state index contributed by atoms with van der Waals surface area (Å²) in [6.45, 7) is 4.53. The number of hydrogen-bond donors (Lipinski definition) is 2. The Bertz CT molecular complexity index is 405. The summed E-state index contributed by atoms with van der Waals surface area (Å²) in [6, 6.07) is 5.06. The van der Waals surface area contributed by atoms with Crippen molar-refractivity contribution in [3.63, 3.8) is 0 Å². The summed E-state index contributed by atoms with van der Waals surface area (Å²) in [5.74, 6) is 0.218. The number of aryl methyl sites for hydroxylation is 1. The smallest absolute Gasteiger partial charge is 0.328 e. The van der Waals surface area contributed by atoms with E-state index < -0.39 is 6.04 Å². The lowest BCUT2D eigenvalue weighted by molar-refractivity contribution is -0.136. The van der Waals surface area contributed by atoms with Crippen LogP contribution in [0.2, 0.25) is 0 Å². The maximum absolute atomic E-state index is 11.8. The standard InChI is InChI=1S/C14H22N2O2/c1-10-6-5-8-13(11(10)2)18-14(17)12(16)7-3-4-9-15/h5-6,8,12H,3-4,7,9,15-16H2,1-2H3/t12-/m0/s1. The van der Waals surface area contributed by atoms with Gasteiger partial charge in [-0.15, -0.1) is 0 Å². The molecule has 0 aliphatic heterocycles. The highest BCUT2D eigenvalue weighted by Gasteiger charge is 2.16. The molecule has 0 saturated carbocycles. The van der Waals surface area contributed by atoms with Gasteiger partial charge in [-0.3, -0.25) is 0 Å². The molecule has 18 heavy (non-hydrogen) atoms. The average Bonchev–Trinajstić information content (AvgIpc) is 2.35. The zero-order chi connectivity index (χ0) is 13.5. The van der Waals surface area contributed by atoms with E-state index in [0.29, 0.717) is 18.7 Å². The minimum atomic E-state index is -0.573. The molecule has 0 heterocycles. The van der Waals surface area contributed by atoms with E-state index in [0.717, 1.165) is 24.0 Å². The fourth-order valence-corrected chi connectivity index (χ4v) is 1.65. The number of nitrogens with two attached hydrogens (primary N) is 2. The summed E-state index contributed by atoms with van der Waals surface area (Å²) in [4.78, 5) is 11.8. The van der Waals surface area contributed by atoms with Gasteiger partial charge in [-0.2, -0.15) is 0 Å². The lowest BCUT2D eigenvalue weighted by atomic mass is 10.1. The van der Waals surface area contributed by atoms with E-state index in [2.05, 4.69) is 0 Å². The van der Waals surface area contributed by atoms with Crippen molar-refractivity contribution in [2.45, 2.75) is 39.2 Å². The molecule has 0 aliphatic carbocycles. The molecule has 1 aromatic rings.